The number of ether oxygens (including phenoxy) is 1. The Bertz CT molecular complexity index is 805. The van der Waals surface area contributed by atoms with Crippen LogP contribution in [0.2, 0.25) is 0 Å². The fourth-order valence-corrected chi connectivity index (χ4v) is 3.62. The minimum atomic E-state index is -0.589. The summed E-state index contributed by atoms with van der Waals surface area (Å²) in [5, 5.41) is 14.2. The van der Waals surface area contributed by atoms with Crippen LogP contribution in [0.5, 0.6) is 0 Å². The van der Waals surface area contributed by atoms with Crippen molar-refractivity contribution in [3.8, 4) is 0 Å². The summed E-state index contributed by atoms with van der Waals surface area (Å²) in [4.78, 5) is 37.7. The van der Waals surface area contributed by atoms with E-state index in [4.69, 9.17) is 9.84 Å². The highest BCUT2D eigenvalue weighted by molar-refractivity contribution is 5.90. The van der Waals surface area contributed by atoms with Gasteiger partial charge in [0.05, 0.1) is 30.5 Å². The smallest absolute Gasteiger partial charge is 0.414 e. The molecule has 10 heteroatoms. The minimum Gasteiger partial charge on any atom is -0.442 e. The number of halogens is 1. The van der Waals surface area contributed by atoms with E-state index in [-0.39, 0.29) is 31.0 Å². The molecular formula is C19H25FN4O5. The molecule has 0 radical (unpaired) electrons. The lowest BCUT2D eigenvalue weighted by Gasteiger charge is -2.21. The van der Waals surface area contributed by atoms with E-state index in [9.17, 15) is 18.8 Å². The Kier molecular flexibility index (Phi) is 6.21. The highest BCUT2D eigenvalue weighted by Gasteiger charge is 2.34. The molecule has 2 saturated heterocycles. The first kappa shape index (κ1) is 20.8. The maximum atomic E-state index is 14.8. The Hall–Kier alpha value is -2.88. The van der Waals surface area contributed by atoms with Crippen LogP contribution < -0.4 is 20.4 Å². The van der Waals surface area contributed by atoms with Gasteiger partial charge in [0.1, 0.15) is 18.5 Å². The summed E-state index contributed by atoms with van der Waals surface area (Å²) in [6.45, 7) is 4.14. The van der Waals surface area contributed by atoms with Gasteiger partial charge in [0.25, 0.3) is 0 Å². The van der Waals surface area contributed by atoms with Crippen LogP contribution in [0.3, 0.4) is 0 Å². The van der Waals surface area contributed by atoms with Crippen molar-refractivity contribution in [1.82, 2.24) is 10.6 Å². The fraction of sp³-hybridized carbons (Fsp3) is 0.526. The van der Waals surface area contributed by atoms with Crippen LogP contribution in [0.15, 0.2) is 18.2 Å². The molecule has 3 rings (SSSR count). The van der Waals surface area contributed by atoms with Gasteiger partial charge in [0.15, 0.2) is 0 Å². The number of carbonyl (C=O) groups excluding carboxylic acids is 3. The molecule has 2 fully saturated rings. The van der Waals surface area contributed by atoms with Crippen molar-refractivity contribution in [3.63, 3.8) is 0 Å². The largest absolute Gasteiger partial charge is 0.442 e. The summed E-state index contributed by atoms with van der Waals surface area (Å²) in [5.41, 5.74) is 0.752. The van der Waals surface area contributed by atoms with E-state index < -0.39 is 30.5 Å². The van der Waals surface area contributed by atoms with Crippen molar-refractivity contribution in [3.05, 3.63) is 24.0 Å². The summed E-state index contributed by atoms with van der Waals surface area (Å²) in [7, 11) is 0. The highest BCUT2D eigenvalue weighted by Crippen LogP contribution is 2.31. The van der Waals surface area contributed by atoms with Crippen molar-refractivity contribution in [1.29, 1.82) is 0 Å². The molecule has 3 atom stereocenters. The molecule has 0 unspecified atom stereocenters. The van der Waals surface area contributed by atoms with Crippen LogP contribution in [-0.2, 0) is 14.3 Å². The number of carbonyl (C=O) groups is 3. The van der Waals surface area contributed by atoms with Gasteiger partial charge < -0.3 is 25.4 Å². The monoisotopic (exact) mass is 408 g/mol. The van der Waals surface area contributed by atoms with Gasteiger partial charge in [-0.1, -0.05) is 6.92 Å². The van der Waals surface area contributed by atoms with Gasteiger partial charge in [-0.3, -0.25) is 14.5 Å². The first-order valence-corrected chi connectivity index (χ1v) is 9.45. The lowest BCUT2D eigenvalue weighted by Crippen LogP contribution is -2.41. The molecule has 158 valence electrons. The predicted molar refractivity (Wildman–Crippen MR) is 103 cm³/mol. The van der Waals surface area contributed by atoms with Crippen molar-refractivity contribution >= 4 is 29.3 Å². The molecule has 2 heterocycles. The summed E-state index contributed by atoms with van der Waals surface area (Å²) in [6.07, 6.45) is -1.08. The minimum absolute atomic E-state index is 0.0904. The molecule has 3 N–H and O–H groups in total. The molecule has 0 aromatic heterocycles. The average molecular weight is 408 g/mol. The Morgan fingerprint density at radius 1 is 1.31 bits per heavy atom. The molecule has 1 aromatic rings. The van der Waals surface area contributed by atoms with Crippen LogP contribution in [0.25, 0.3) is 0 Å². The second kappa shape index (κ2) is 8.64. The second-order valence-corrected chi connectivity index (χ2v) is 7.40. The van der Waals surface area contributed by atoms with Crippen molar-refractivity contribution in [2.45, 2.75) is 26.0 Å². The molecule has 9 nitrogen and oxygen atoms in total. The van der Waals surface area contributed by atoms with E-state index in [1.54, 1.807) is 12.1 Å². The molecule has 2 aliphatic rings. The van der Waals surface area contributed by atoms with E-state index in [2.05, 4.69) is 10.6 Å². The molecule has 3 amide bonds. The van der Waals surface area contributed by atoms with E-state index in [1.165, 1.54) is 17.9 Å². The Labute approximate surface area is 167 Å². The number of hydrogen-bond donors (Lipinski definition) is 3. The lowest BCUT2D eigenvalue weighted by molar-refractivity contribution is -0.124. The number of anilines is 2. The fourth-order valence-electron chi connectivity index (χ4n) is 3.62. The summed E-state index contributed by atoms with van der Waals surface area (Å²) < 4.78 is 20.0. The van der Waals surface area contributed by atoms with Crippen molar-refractivity contribution in [2.24, 2.45) is 5.92 Å². The molecule has 0 aliphatic carbocycles. The summed E-state index contributed by atoms with van der Waals surface area (Å²) in [5.74, 6) is -1.07. The highest BCUT2D eigenvalue weighted by atomic mass is 19.1. The third kappa shape index (κ3) is 4.76. The maximum Gasteiger partial charge on any atom is 0.414 e. The van der Waals surface area contributed by atoms with Crippen LogP contribution >= 0.6 is 0 Å². The second-order valence-electron chi connectivity index (χ2n) is 7.40. The van der Waals surface area contributed by atoms with Crippen LogP contribution in [0.1, 0.15) is 13.8 Å². The van der Waals surface area contributed by atoms with E-state index >= 15 is 0 Å². The zero-order chi connectivity index (χ0) is 21.1. The number of nitrogens with one attached hydrogen (secondary N) is 2. The van der Waals surface area contributed by atoms with Gasteiger partial charge in [-0.05, 0) is 24.1 Å². The number of rotatable bonds is 6. The zero-order valence-corrected chi connectivity index (χ0v) is 16.4. The topological polar surface area (TPSA) is 111 Å². The first-order valence-electron chi connectivity index (χ1n) is 9.45. The van der Waals surface area contributed by atoms with E-state index in [1.807, 2.05) is 11.8 Å². The molecule has 1 aromatic carbocycles. The molecular weight excluding hydrogens is 383 g/mol. The van der Waals surface area contributed by atoms with Gasteiger partial charge in [0.2, 0.25) is 11.8 Å². The van der Waals surface area contributed by atoms with E-state index in [0.717, 1.165) is 0 Å². The third-order valence-corrected chi connectivity index (χ3v) is 5.14. The predicted octanol–water partition coefficient (Wildman–Crippen LogP) is 0.220. The van der Waals surface area contributed by atoms with Crippen LogP contribution in [0, 0.1) is 11.7 Å². The van der Waals surface area contributed by atoms with Crippen molar-refractivity contribution < 1.29 is 28.6 Å². The first-order chi connectivity index (χ1) is 13.8. The van der Waals surface area contributed by atoms with E-state index in [0.29, 0.717) is 24.5 Å². The molecule has 29 heavy (non-hydrogen) atoms. The standard InChI is InChI=1S/C19H25FN4O5/c1-11-7-23(9-16(11)22-18(27)10-25)17-4-3-13(5-15(17)20)24-8-14(29-19(24)28)6-21-12(2)26/h3-5,11,14,16,25H,6-10H2,1-2H3,(H,21,26)(H,22,27)/t11-,14+,16-/m1/s1. The van der Waals surface area contributed by atoms with Gasteiger partial charge in [-0.25, -0.2) is 9.18 Å². The lowest BCUT2D eigenvalue weighted by atomic mass is 10.1. The summed E-state index contributed by atoms with van der Waals surface area (Å²) in [6, 6.07) is 4.34. The molecule has 0 saturated carbocycles. The number of hydrogen-bond acceptors (Lipinski definition) is 6. The number of amides is 3. The molecule has 0 spiro atoms. The zero-order valence-electron chi connectivity index (χ0n) is 16.4. The number of benzene rings is 1. The van der Waals surface area contributed by atoms with Gasteiger partial charge >= 0.3 is 6.09 Å². The Morgan fingerprint density at radius 2 is 2.07 bits per heavy atom. The number of aliphatic hydroxyl groups excluding tert-OH is 1. The van der Waals surface area contributed by atoms with Crippen LogP contribution in [0.4, 0.5) is 20.6 Å². The Morgan fingerprint density at radius 3 is 2.72 bits per heavy atom. The third-order valence-electron chi connectivity index (χ3n) is 5.14. The number of aliphatic hydroxyl groups is 1. The average Bonchev–Trinajstić information content (AvgIpc) is 3.22. The molecule has 2 aliphatic heterocycles. The molecule has 0 bridgehead atoms. The van der Waals surface area contributed by atoms with Crippen molar-refractivity contribution in [2.75, 3.05) is 42.6 Å². The van der Waals surface area contributed by atoms with Crippen LogP contribution in [-0.4, -0.2) is 67.9 Å². The van der Waals surface area contributed by atoms with Gasteiger partial charge in [-0.2, -0.15) is 0 Å². The summed E-state index contributed by atoms with van der Waals surface area (Å²) >= 11 is 0. The number of nitrogens with zero attached hydrogens (tertiary/aromatic N) is 2. The van der Waals surface area contributed by atoms with Gasteiger partial charge in [0, 0.05) is 20.0 Å². The quantitative estimate of drug-likeness (QED) is 0.621. The maximum absolute atomic E-state index is 14.8. The number of cyclic esters (lactones) is 1. The normalized spacial score (nSPS) is 23.9. The van der Waals surface area contributed by atoms with Gasteiger partial charge in [-0.15, -0.1) is 0 Å². The Balaban J connectivity index is 1.67. The SMILES string of the molecule is CC(=O)NC[C@H]1CN(c2ccc(N3C[C@@H](C)[C@H](NC(=O)CO)C3)c(F)c2)C(=O)O1.